The van der Waals surface area contributed by atoms with Crippen LogP contribution in [0.4, 0.5) is 13.2 Å². The fourth-order valence-corrected chi connectivity index (χ4v) is 3.43. The minimum Gasteiger partial charge on any atom is -0.405 e. The Bertz CT molecular complexity index is 598. The third-order valence-corrected chi connectivity index (χ3v) is 4.66. The van der Waals surface area contributed by atoms with Crippen molar-refractivity contribution >= 4 is 18.3 Å². The molecule has 2 saturated heterocycles. The van der Waals surface area contributed by atoms with Crippen LogP contribution < -0.4 is 10.1 Å². The number of benzene rings is 1. The summed E-state index contributed by atoms with van der Waals surface area (Å²) < 4.78 is 42.1. The molecule has 8 heteroatoms. The Labute approximate surface area is 151 Å². The molecule has 1 amide bonds. The van der Waals surface area contributed by atoms with Gasteiger partial charge >= 0.3 is 6.36 Å². The normalized spacial score (nSPS) is 18.8. The monoisotopic (exact) mass is 378 g/mol. The molecule has 0 aliphatic carbocycles. The fraction of sp³-hybridized carbons (Fsp3) is 0.588. The highest BCUT2D eigenvalue weighted by Crippen LogP contribution is 2.33. The summed E-state index contributed by atoms with van der Waals surface area (Å²) in [6, 6.07) is 4.53. The first-order valence-corrected chi connectivity index (χ1v) is 8.34. The molecule has 140 valence electrons. The zero-order valence-corrected chi connectivity index (χ0v) is 14.6. The molecule has 1 N–H and O–H groups in total. The van der Waals surface area contributed by atoms with E-state index in [9.17, 15) is 18.0 Å². The molecule has 2 heterocycles. The molecule has 0 atom stereocenters. The van der Waals surface area contributed by atoms with E-state index < -0.39 is 12.1 Å². The first kappa shape index (κ1) is 19.8. The minimum atomic E-state index is -4.81. The number of carbonyl (C=O) groups is 1. The molecular formula is C17H22ClF3N2O2. The van der Waals surface area contributed by atoms with Crippen molar-refractivity contribution in [1.29, 1.82) is 0 Å². The first-order valence-electron chi connectivity index (χ1n) is 8.34. The van der Waals surface area contributed by atoms with Crippen molar-refractivity contribution in [2.24, 2.45) is 0 Å². The van der Waals surface area contributed by atoms with Gasteiger partial charge in [-0.15, -0.1) is 25.6 Å². The smallest absolute Gasteiger partial charge is 0.405 e. The van der Waals surface area contributed by atoms with E-state index in [4.69, 9.17) is 0 Å². The van der Waals surface area contributed by atoms with Gasteiger partial charge in [0.2, 0.25) is 0 Å². The predicted octanol–water partition coefficient (Wildman–Crippen LogP) is 3.71. The highest BCUT2D eigenvalue weighted by Gasteiger charge is 2.34. The second-order valence-corrected chi connectivity index (χ2v) is 6.33. The van der Waals surface area contributed by atoms with Crippen LogP contribution >= 0.6 is 12.4 Å². The summed E-state index contributed by atoms with van der Waals surface area (Å²) in [5.74, 6) is -0.518. The molecule has 3 rings (SSSR count). The second-order valence-electron chi connectivity index (χ2n) is 6.33. The molecule has 0 spiro atoms. The molecular weight excluding hydrogens is 357 g/mol. The van der Waals surface area contributed by atoms with E-state index >= 15 is 0 Å². The Morgan fingerprint density at radius 1 is 1.16 bits per heavy atom. The molecule has 4 nitrogen and oxygen atoms in total. The number of nitrogens with one attached hydrogen (secondary N) is 1. The van der Waals surface area contributed by atoms with Gasteiger partial charge in [0.05, 0.1) is 5.56 Å². The standard InChI is InChI=1S/C17H21F3N2O2.ClH/c18-17(19,20)24-15-4-3-13(12-5-7-21-8-6-12)11-14(15)16(23)22-9-1-2-10-22;/h3-4,11-12,21H,1-2,5-10H2;1H. The molecule has 0 unspecified atom stereocenters. The van der Waals surface area contributed by atoms with Crippen LogP contribution in [0.3, 0.4) is 0 Å². The van der Waals surface area contributed by atoms with Crippen LogP contribution in [0.15, 0.2) is 18.2 Å². The molecule has 0 bridgehead atoms. The van der Waals surface area contributed by atoms with E-state index in [2.05, 4.69) is 10.1 Å². The van der Waals surface area contributed by atoms with E-state index in [-0.39, 0.29) is 29.8 Å². The van der Waals surface area contributed by atoms with Crippen molar-refractivity contribution in [3.05, 3.63) is 29.3 Å². The SMILES string of the molecule is Cl.O=C(c1cc(C2CCNCC2)ccc1OC(F)(F)F)N1CCCC1. The molecule has 2 aliphatic heterocycles. The zero-order chi connectivity index (χ0) is 17.2. The van der Waals surface area contributed by atoms with E-state index in [1.54, 1.807) is 17.0 Å². The summed E-state index contributed by atoms with van der Waals surface area (Å²) in [4.78, 5) is 14.3. The minimum absolute atomic E-state index is 0. The van der Waals surface area contributed by atoms with Gasteiger partial charge in [-0.1, -0.05) is 6.07 Å². The van der Waals surface area contributed by atoms with Crippen LogP contribution in [0, 0.1) is 0 Å². The summed E-state index contributed by atoms with van der Waals surface area (Å²) in [6.45, 7) is 2.92. The highest BCUT2D eigenvalue weighted by atomic mass is 35.5. The number of hydrogen-bond donors (Lipinski definition) is 1. The number of piperidine rings is 1. The van der Waals surface area contributed by atoms with Gasteiger partial charge in [-0.05, 0) is 62.4 Å². The van der Waals surface area contributed by atoms with Crippen LogP contribution in [-0.4, -0.2) is 43.3 Å². The number of halogens is 4. The van der Waals surface area contributed by atoms with Gasteiger partial charge in [-0.3, -0.25) is 4.79 Å². The lowest BCUT2D eigenvalue weighted by Crippen LogP contribution is -2.30. The van der Waals surface area contributed by atoms with Crippen LogP contribution in [0.5, 0.6) is 5.75 Å². The summed E-state index contributed by atoms with van der Waals surface area (Å²) in [6.07, 6.45) is -1.21. The molecule has 0 radical (unpaired) electrons. The topological polar surface area (TPSA) is 41.6 Å². The third kappa shape index (κ3) is 5.01. The molecule has 1 aromatic rings. The Kier molecular flexibility index (Phi) is 6.57. The summed E-state index contributed by atoms with van der Waals surface area (Å²) in [7, 11) is 0. The summed E-state index contributed by atoms with van der Waals surface area (Å²) >= 11 is 0. The Hall–Kier alpha value is -1.47. The highest BCUT2D eigenvalue weighted by molar-refractivity contribution is 5.97. The molecule has 0 aromatic heterocycles. The molecule has 1 aromatic carbocycles. The number of alkyl halides is 3. The van der Waals surface area contributed by atoms with Crippen LogP contribution in [-0.2, 0) is 0 Å². The van der Waals surface area contributed by atoms with Crippen LogP contribution in [0.2, 0.25) is 0 Å². The van der Waals surface area contributed by atoms with Gasteiger partial charge in [0, 0.05) is 13.1 Å². The van der Waals surface area contributed by atoms with Crippen molar-refractivity contribution in [2.75, 3.05) is 26.2 Å². The predicted molar refractivity (Wildman–Crippen MR) is 90.4 cm³/mol. The third-order valence-electron chi connectivity index (χ3n) is 4.66. The van der Waals surface area contributed by atoms with Crippen molar-refractivity contribution in [3.8, 4) is 5.75 Å². The number of rotatable bonds is 3. The lowest BCUT2D eigenvalue weighted by Gasteiger charge is -2.25. The summed E-state index contributed by atoms with van der Waals surface area (Å²) in [5, 5.41) is 3.26. The number of nitrogens with zero attached hydrogens (tertiary/aromatic N) is 1. The zero-order valence-electron chi connectivity index (χ0n) is 13.8. The van der Waals surface area contributed by atoms with Gasteiger partial charge in [0.1, 0.15) is 5.75 Å². The van der Waals surface area contributed by atoms with Gasteiger partial charge in [0.25, 0.3) is 5.91 Å². The summed E-state index contributed by atoms with van der Waals surface area (Å²) in [5.41, 5.74) is 0.929. The van der Waals surface area contributed by atoms with Crippen molar-refractivity contribution < 1.29 is 22.7 Å². The van der Waals surface area contributed by atoms with Crippen LogP contribution in [0.25, 0.3) is 0 Å². The number of carbonyl (C=O) groups excluding carboxylic acids is 1. The lowest BCUT2D eigenvalue weighted by molar-refractivity contribution is -0.274. The maximum Gasteiger partial charge on any atom is 0.573 e. The first-order chi connectivity index (χ1) is 11.4. The Morgan fingerprint density at radius 2 is 1.80 bits per heavy atom. The Balaban J connectivity index is 0.00000225. The van der Waals surface area contributed by atoms with Crippen molar-refractivity contribution in [1.82, 2.24) is 10.2 Å². The molecule has 2 fully saturated rings. The van der Waals surface area contributed by atoms with Gasteiger partial charge in [0.15, 0.2) is 0 Å². The largest absolute Gasteiger partial charge is 0.573 e. The molecule has 2 aliphatic rings. The number of hydrogen-bond acceptors (Lipinski definition) is 3. The van der Waals surface area contributed by atoms with Crippen molar-refractivity contribution in [3.63, 3.8) is 0 Å². The van der Waals surface area contributed by atoms with E-state index in [1.807, 2.05) is 0 Å². The number of amides is 1. The molecule has 25 heavy (non-hydrogen) atoms. The van der Waals surface area contributed by atoms with Crippen molar-refractivity contribution in [2.45, 2.75) is 38.0 Å². The Morgan fingerprint density at radius 3 is 2.40 bits per heavy atom. The van der Waals surface area contributed by atoms with Gasteiger partial charge in [-0.25, -0.2) is 0 Å². The maximum atomic E-state index is 12.7. The molecule has 0 saturated carbocycles. The maximum absolute atomic E-state index is 12.7. The quantitative estimate of drug-likeness (QED) is 0.871. The average Bonchev–Trinajstić information content (AvgIpc) is 3.08. The lowest BCUT2D eigenvalue weighted by atomic mass is 9.89. The average molecular weight is 379 g/mol. The van der Waals surface area contributed by atoms with Gasteiger partial charge in [-0.2, -0.15) is 0 Å². The van der Waals surface area contributed by atoms with E-state index in [0.717, 1.165) is 44.3 Å². The number of likely N-dealkylation sites (tertiary alicyclic amines) is 1. The second kappa shape index (κ2) is 8.27. The number of ether oxygens (including phenoxy) is 1. The van der Waals surface area contributed by atoms with E-state index in [0.29, 0.717) is 13.1 Å². The van der Waals surface area contributed by atoms with Crippen LogP contribution in [0.1, 0.15) is 47.5 Å². The fourth-order valence-electron chi connectivity index (χ4n) is 3.43. The van der Waals surface area contributed by atoms with E-state index in [1.165, 1.54) is 6.07 Å². The van der Waals surface area contributed by atoms with Gasteiger partial charge < -0.3 is 15.0 Å².